The minimum absolute atomic E-state index is 0.480. The van der Waals surface area contributed by atoms with Gasteiger partial charge in [-0.2, -0.15) is 0 Å². The lowest BCUT2D eigenvalue weighted by Crippen LogP contribution is -2.26. The molecule has 1 aromatic heterocycles. The van der Waals surface area contributed by atoms with Gasteiger partial charge in [-0.25, -0.2) is 4.98 Å². The van der Waals surface area contributed by atoms with Crippen LogP contribution in [0.3, 0.4) is 0 Å². The van der Waals surface area contributed by atoms with E-state index in [-0.39, 0.29) is 0 Å². The first-order valence-electron chi connectivity index (χ1n) is 4.12. The lowest BCUT2D eigenvalue weighted by Gasteiger charge is -2.06. The highest BCUT2D eigenvalue weighted by molar-refractivity contribution is 6.36. The van der Waals surface area contributed by atoms with E-state index in [9.17, 15) is 0 Å². The van der Waals surface area contributed by atoms with Crippen molar-refractivity contribution in [2.45, 2.75) is 0 Å². The zero-order valence-corrected chi connectivity index (χ0v) is 8.73. The summed E-state index contributed by atoms with van der Waals surface area (Å²) < 4.78 is 0. The van der Waals surface area contributed by atoms with E-state index >= 15 is 0 Å². The second-order valence-electron chi connectivity index (χ2n) is 2.77. The van der Waals surface area contributed by atoms with Crippen LogP contribution in [0.2, 0.25) is 10.0 Å². The van der Waals surface area contributed by atoms with Crippen molar-refractivity contribution < 1.29 is 0 Å². The second kappa shape index (κ2) is 4.02. The quantitative estimate of drug-likeness (QED) is 0.774. The first-order valence-corrected chi connectivity index (χ1v) is 4.88. The van der Waals surface area contributed by atoms with Crippen molar-refractivity contribution in [3.8, 4) is 0 Å². The highest BCUT2D eigenvalue weighted by atomic mass is 35.5. The molecule has 1 aliphatic rings. The Labute approximate surface area is 91.3 Å². The number of aliphatic imine (C=N–C) groups is 1. The second-order valence-corrected chi connectivity index (χ2v) is 3.61. The van der Waals surface area contributed by atoms with Gasteiger partial charge in [-0.1, -0.05) is 23.2 Å². The number of aromatic nitrogens is 1. The Morgan fingerprint density at radius 2 is 2.29 bits per heavy atom. The van der Waals surface area contributed by atoms with Crippen LogP contribution in [-0.4, -0.2) is 24.0 Å². The minimum atomic E-state index is 0.480. The summed E-state index contributed by atoms with van der Waals surface area (Å²) in [7, 11) is 0. The third-order valence-electron chi connectivity index (χ3n) is 1.72. The number of halogens is 2. The van der Waals surface area contributed by atoms with Crippen molar-refractivity contribution in [1.82, 2.24) is 10.3 Å². The molecule has 74 valence electrons. The van der Waals surface area contributed by atoms with Gasteiger partial charge in [-0.05, 0) is 6.07 Å². The van der Waals surface area contributed by atoms with Crippen LogP contribution < -0.4 is 10.6 Å². The number of hydrogen-bond acceptors (Lipinski definition) is 4. The van der Waals surface area contributed by atoms with E-state index in [0.717, 1.165) is 13.1 Å². The van der Waals surface area contributed by atoms with Crippen LogP contribution in [0.1, 0.15) is 0 Å². The molecule has 0 fully saturated rings. The summed E-state index contributed by atoms with van der Waals surface area (Å²) in [6.45, 7) is 1.61. The molecule has 1 aromatic rings. The van der Waals surface area contributed by atoms with Crippen LogP contribution >= 0.6 is 23.2 Å². The number of anilines is 1. The van der Waals surface area contributed by atoms with E-state index in [4.69, 9.17) is 23.2 Å². The van der Waals surface area contributed by atoms with Crippen molar-refractivity contribution in [3.63, 3.8) is 0 Å². The Kier molecular flexibility index (Phi) is 2.74. The van der Waals surface area contributed by atoms with E-state index in [1.54, 1.807) is 6.07 Å². The third-order valence-corrected chi connectivity index (χ3v) is 2.21. The Morgan fingerprint density at radius 1 is 1.43 bits per heavy atom. The van der Waals surface area contributed by atoms with E-state index in [2.05, 4.69) is 20.6 Å². The number of guanidine groups is 1. The first-order chi connectivity index (χ1) is 6.75. The molecule has 2 N–H and O–H groups in total. The summed E-state index contributed by atoms with van der Waals surface area (Å²) in [5.41, 5.74) is 0. The summed E-state index contributed by atoms with van der Waals surface area (Å²) >= 11 is 11.6. The van der Waals surface area contributed by atoms with Crippen LogP contribution in [0, 0.1) is 0 Å². The van der Waals surface area contributed by atoms with Crippen LogP contribution in [0.4, 0.5) is 5.82 Å². The molecular formula is C8H8Cl2N4. The van der Waals surface area contributed by atoms with E-state index in [1.165, 1.54) is 6.20 Å². The van der Waals surface area contributed by atoms with Crippen molar-refractivity contribution in [2.24, 2.45) is 4.99 Å². The zero-order chi connectivity index (χ0) is 9.97. The summed E-state index contributed by atoms with van der Waals surface area (Å²) in [6, 6.07) is 1.63. The predicted octanol–water partition coefficient (Wildman–Crippen LogP) is 1.76. The fourth-order valence-electron chi connectivity index (χ4n) is 1.10. The molecule has 0 bridgehead atoms. The molecule has 0 saturated carbocycles. The first kappa shape index (κ1) is 9.55. The van der Waals surface area contributed by atoms with Gasteiger partial charge < -0.3 is 10.6 Å². The zero-order valence-electron chi connectivity index (χ0n) is 7.22. The number of rotatable bonds is 1. The topological polar surface area (TPSA) is 49.3 Å². The molecule has 0 spiro atoms. The van der Waals surface area contributed by atoms with Gasteiger partial charge in [0.15, 0.2) is 11.8 Å². The van der Waals surface area contributed by atoms with Crippen molar-refractivity contribution in [1.29, 1.82) is 0 Å². The van der Waals surface area contributed by atoms with Crippen LogP contribution in [0.25, 0.3) is 0 Å². The molecule has 1 aliphatic heterocycles. The Bertz CT molecular complexity index is 378. The van der Waals surface area contributed by atoms with E-state index in [1.807, 2.05) is 0 Å². The Morgan fingerprint density at radius 3 is 2.93 bits per heavy atom. The maximum absolute atomic E-state index is 5.92. The van der Waals surface area contributed by atoms with Crippen LogP contribution in [-0.2, 0) is 0 Å². The molecule has 14 heavy (non-hydrogen) atoms. The molecule has 0 aromatic carbocycles. The van der Waals surface area contributed by atoms with Crippen LogP contribution in [0.5, 0.6) is 0 Å². The van der Waals surface area contributed by atoms with Gasteiger partial charge >= 0.3 is 0 Å². The van der Waals surface area contributed by atoms with Gasteiger partial charge in [0.1, 0.15) is 0 Å². The molecule has 6 heteroatoms. The molecule has 0 saturated heterocycles. The molecule has 0 atom stereocenters. The standard InChI is InChI=1S/C8H8Cl2N4/c9-5-3-6(10)7(13-4-5)14-8-11-1-2-12-8/h3-4H,1-2H2,(H2,11,12,13,14). The van der Waals surface area contributed by atoms with Gasteiger partial charge in [-0.3, -0.25) is 4.99 Å². The average molecular weight is 231 g/mol. The Balaban J connectivity index is 2.16. The highest BCUT2D eigenvalue weighted by Gasteiger charge is 2.08. The molecule has 0 radical (unpaired) electrons. The minimum Gasteiger partial charge on any atom is -0.354 e. The number of nitrogens with one attached hydrogen (secondary N) is 2. The monoisotopic (exact) mass is 230 g/mol. The summed E-state index contributed by atoms with van der Waals surface area (Å²) in [6.07, 6.45) is 1.53. The van der Waals surface area contributed by atoms with Crippen molar-refractivity contribution in [2.75, 3.05) is 18.4 Å². The average Bonchev–Trinajstić information content (AvgIpc) is 2.62. The maximum Gasteiger partial charge on any atom is 0.197 e. The third kappa shape index (κ3) is 2.08. The fraction of sp³-hybridized carbons (Fsp3) is 0.250. The fourth-order valence-corrected chi connectivity index (χ4v) is 1.53. The SMILES string of the molecule is Clc1cnc(NC2=NCCN2)c(Cl)c1. The maximum atomic E-state index is 5.92. The molecule has 2 rings (SSSR count). The van der Waals surface area contributed by atoms with E-state index in [0.29, 0.717) is 21.8 Å². The normalized spacial score (nSPS) is 14.9. The van der Waals surface area contributed by atoms with Gasteiger partial charge in [-0.15, -0.1) is 0 Å². The largest absolute Gasteiger partial charge is 0.354 e. The highest BCUT2D eigenvalue weighted by Crippen LogP contribution is 2.22. The van der Waals surface area contributed by atoms with Gasteiger partial charge in [0, 0.05) is 12.7 Å². The summed E-state index contributed by atoms with van der Waals surface area (Å²) in [4.78, 5) is 8.20. The number of pyridine rings is 1. The van der Waals surface area contributed by atoms with Gasteiger partial charge in [0.05, 0.1) is 16.6 Å². The molecule has 4 nitrogen and oxygen atoms in total. The van der Waals surface area contributed by atoms with Crippen LogP contribution in [0.15, 0.2) is 17.3 Å². The molecule has 0 amide bonds. The smallest absolute Gasteiger partial charge is 0.197 e. The van der Waals surface area contributed by atoms with Gasteiger partial charge in [0.2, 0.25) is 0 Å². The van der Waals surface area contributed by atoms with Crippen molar-refractivity contribution in [3.05, 3.63) is 22.3 Å². The lowest BCUT2D eigenvalue weighted by atomic mass is 10.4. The van der Waals surface area contributed by atoms with E-state index < -0.39 is 0 Å². The summed E-state index contributed by atoms with van der Waals surface area (Å²) in [5.74, 6) is 1.26. The molecule has 2 heterocycles. The predicted molar refractivity (Wildman–Crippen MR) is 58.2 cm³/mol. The Hall–Kier alpha value is -1.00. The van der Waals surface area contributed by atoms with Crippen molar-refractivity contribution >= 4 is 35.0 Å². The number of nitrogens with zero attached hydrogens (tertiary/aromatic N) is 2. The number of hydrogen-bond donors (Lipinski definition) is 2. The van der Waals surface area contributed by atoms with Gasteiger partial charge in [0.25, 0.3) is 0 Å². The molecular weight excluding hydrogens is 223 g/mol. The summed E-state index contributed by atoms with van der Waals surface area (Å²) in [5, 5.41) is 7.02. The lowest BCUT2D eigenvalue weighted by molar-refractivity contribution is 0.958. The molecule has 0 unspecified atom stereocenters. The molecule has 0 aliphatic carbocycles.